The number of methoxy groups -OCH3 is 1. The zero-order valence-corrected chi connectivity index (χ0v) is 17.6. The molecule has 0 aliphatic carbocycles. The van der Waals surface area contributed by atoms with Crippen LogP contribution < -0.4 is 10.1 Å². The lowest BCUT2D eigenvalue weighted by Gasteiger charge is -2.31. The number of sulfonamides is 1. The average Bonchev–Trinajstić information content (AvgIpc) is 3.18. The van der Waals surface area contributed by atoms with Gasteiger partial charge in [0.1, 0.15) is 5.75 Å². The molecule has 1 aliphatic rings. The van der Waals surface area contributed by atoms with Gasteiger partial charge in [0, 0.05) is 34.6 Å². The van der Waals surface area contributed by atoms with Crippen LogP contribution in [0.1, 0.15) is 23.2 Å². The highest BCUT2D eigenvalue weighted by Gasteiger charge is 2.30. The average molecular weight is 431 g/mol. The SMILES string of the molecule is COc1ccc(S(=O)(=O)N2CCC(NC(=O)c3csc4ccccc34)CC2)cc1. The number of rotatable bonds is 5. The minimum atomic E-state index is -3.54. The van der Waals surface area contributed by atoms with Gasteiger partial charge >= 0.3 is 0 Å². The number of amides is 1. The van der Waals surface area contributed by atoms with Crippen molar-refractivity contribution in [3.05, 3.63) is 59.5 Å². The van der Waals surface area contributed by atoms with Crippen LogP contribution in [0.25, 0.3) is 10.1 Å². The van der Waals surface area contributed by atoms with E-state index in [1.165, 1.54) is 4.31 Å². The maximum absolute atomic E-state index is 12.8. The summed E-state index contributed by atoms with van der Waals surface area (Å²) in [5.41, 5.74) is 0.680. The Morgan fingerprint density at radius 3 is 2.48 bits per heavy atom. The number of hydrogen-bond acceptors (Lipinski definition) is 5. The van der Waals surface area contributed by atoms with E-state index in [0.717, 1.165) is 10.1 Å². The van der Waals surface area contributed by atoms with Gasteiger partial charge < -0.3 is 10.1 Å². The summed E-state index contributed by atoms with van der Waals surface area (Å²) < 4.78 is 33.3. The van der Waals surface area contributed by atoms with Crippen LogP contribution >= 0.6 is 11.3 Å². The van der Waals surface area contributed by atoms with Gasteiger partial charge in [0.15, 0.2) is 0 Å². The Labute approximate surface area is 174 Å². The molecule has 0 spiro atoms. The number of fused-ring (bicyclic) bond motifs is 1. The van der Waals surface area contributed by atoms with E-state index in [1.54, 1.807) is 42.7 Å². The van der Waals surface area contributed by atoms with E-state index in [9.17, 15) is 13.2 Å². The lowest BCUT2D eigenvalue weighted by molar-refractivity contribution is 0.0926. The highest BCUT2D eigenvalue weighted by atomic mass is 32.2. The van der Waals surface area contributed by atoms with Gasteiger partial charge in [0.05, 0.1) is 17.6 Å². The van der Waals surface area contributed by atoms with Gasteiger partial charge in [-0.3, -0.25) is 4.79 Å². The van der Waals surface area contributed by atoms with Crippen LogP contribution in [0, 0.1) is 0 Å². The molecule has 152 valence electrons. The summed E-state index contributed by atoms with van der Waals surface area (Å²) in [6.07, 6.45) is 1.17. The fourth-order valence-electron chi connectivity index (χ4n) is 3.55. The van der Waals surface area contributed by atoms with E-state index in [0.29, 0.717) is 37.2 Å². The third-order valence-electron chi connectivity index (χ3n) is 5.21. The fraction of sp³-hybridized carbons (Fsp3) is 0.286. The molecule has 8 heteroatoms. The molecular formula is C21H22N2O4S2. The van der Waals surface area contributed by atoms with E-state index >= 15 is 0 Å². The first-order valence-corrected chi connectivity index (χ1v) is 11.7. The zero-order valence-electron chi connectivity index (χ0n) is 16.0. The fourth-order valence-corrected chi connectivity index (χ4v) is 5.96. The van der Waals surface area contributed by atoms with Crippen molar-refractivity contribution in [2.75, 3.05) is 20.2 Å². The van der Waals surface area contributed by atoms with Crippen molar-refractivity contribution in [1.82, 2.24) is 9.62 Å². The zero-order chi connectivity index (χ0) is 20.4. The molecule has 0 atom stereocenters. The number of carbonyl (C=O) groups is 1. The largest absolute Gasteiger partial charge is 0.497 e. The Balaban J connectivity index is 1.39. The smallest absolute Gasteiger partial charge is 0.252 e. The van der Waals surface area contributed by atoms with Crippen LogP contribution in [-0.4, -0.2) is 44.9 Å². The first-order chi connectivity index (χ1) is 14.0. The number of benzene rings is 2. The Kier molecular flexibility index (Phi) is 5.58. The van der Waals surface area contributed by atoms with Gasteiger partial charge in [-0.05, 0) is 43.2 Å². The quantitative estimate of drug-likeness (QED) is 0.672. The molecule has 2 aromatic carbocycles. The molecule has 1 fully saturated rings. The first-order valence-electron chi connectivity index (χ1n) is 9.40. The van der Waals surface area contributed by atoms with Gasteiger partial charge in [-0.2, -0.15) is 4.31 Å². The molecule has 1 saturated heterocycles. The van der Waals surface area contributed by atoms with Crippen LogP contribution in [0.3, 0.4) is 0 Å². The Morgan fingerprint density at radius 2 is 1.79 bits per heavy atom. The third-order valence-corrected chi connectivity index (χ3v) is 8.09. The molecule has 0 radical (unpaired) electrons. The minimum Gasteiger partial charge on any atom is -0.497 e. The molecule has 0 saturated carbocycles. The Morgan fingerprint density at radius 1 is 1.10 bits per heavy atom. The molecule has 1 N–H and O–H groups in total. The predicted octanol–water partition coefficient (Wildman–Crippen LogP) is 3.49. The van der Waals surface area contributed by atoms with Gasteiger partial charge in [0.25, 0.3) is 5.91 Å². The van der Waals surface area contributed by atoms with Gasteiger partial charge in [-0.25, -0.2) is 8.42 Å². The molecule has 0 bridgehead atoms. The molecule has 6 nitrogen and oxygen atoms in total. The van der Waals surface area contributed by atoms with E-state index in [1.807, 2.05) is 29.6 Å². The van der Waals surface area contributed by atoms with Gasteiger partial charge in [-0.15, -0.1) is 11.3 Å². The van der Waals surface area contributed by atoms with Gasteiger partial charge in [-0.1, -0.05) is 18.2 Å². The number of ether oxygens (including phenoxy) is 1. The van der Waals surface area contributed by atoms with Crippen molar-refractivity contribution in [3.8, 4) is 5.75 Å². The van der Waals surface area contributed by atoms with Crippen molar-refractivity contribution >= 4 is 37.4 Å². The number of nitrogens with zero attached hydrogens (tertiary/aromatic N) is 1. The maximum Gasteiger partial charge on any atom is 0.252 e. The molecule has 4 rings (SSSR count). The summed E-state index contributed by atoms with van der Waals surface area (Å²) in [6.45, 7) is 0.757. The molecule has 3 aromatic rings. The second-order valence-electron chi connectivity index (χ2n) is 6.97. The summed E-state index contributed by atoms with van der Waals surface area (Å²) in [6, 6.07) is 14.2. The lowest BCUT2D eigenvalue weighted by atomic mass is 10.1. The number of piperidine rings is 1. The second kappa shape index (κ2) is 8.14. The standard InChI is InChI=1S/C21H22N2O4S2/c1-27-16-6-8-17(9-7-16)29(25,26)23-12-10-15(11-13-23)22-21(24)19-14-28-20-5-3-2-4-18(19)20/h2-9,14-15H,10-13H2,1H3,(H,22,24). The number of thiophene rings is 1. The summed E-state index contributed by atoms with van der Waals surface area (Å²) >= 11 is 1.55. The summed E-state index contributed by atoms with van der Waals surface area (Å²) in [5.74, 6) is 0.519. The van der Waals surface area contributed by atoms with Crippen molar-refractivity contribution in [1.29, 1.82) is 0 Å². The monoisotopic (exact) mass is 430 g/mol. The van der Waals surface area contributed by atoms with Crippen molar-refractivity contribution in [2.24, 2.45) is 0 Å². The van der Waals surface area contributed by atoms with Crippen molar-refractivity contribution in [3.63, 3.8) is 0 Å². The summed E-state index contributed by atoms with van der Waals surface area (Å²) in [5, 5.41) is 5.90. The second-order valence-corrected chi connectivity index (χ2v) is 9.82. The molecule has 29 heavy (non-hydrogen) atoms. The Bertz CT molecular complexity index is 1120. The number of carbonyl (C=O) groups excluding carboxylic acids is 1. The topological polar surface area (TPSA) is 75.7 Å². The van der Waals surface area contributed by atoms with E-state index in [-0.39, 0.29) is 16.8 Å². The van der Waals surface area contributed by atoms with Crippen LogP contribution in [0.4, 0.5) is 0 Å². The highest BCUT2D eigenvalue weighted by Crippen LogP contribution is 2.26. The minimum absolute atomic E-state index is 0.0384. The van der Waals surface area contributed by atoms with Crippen LogP contribution in [0.2, 0.25) is 0 Å². The highest BCUT2D eigenvalue weighted by molar-refractivity contribution is 7.89. The van der Waals surface area contributed by atoms with Crippen LogP contribution in [-0.2, 0) is 10.0 Å². The number of nitrogens with one attached hydrogen (secondary N) is 1. The molecule has 0 unspecified atom stereocenters. The van der Waals surface area contributed by atoms with Crippen LogP contribution in [0.15, 0.2) is 58.8 Å². The third kappa shape index (κ3) is 4.01. The van der Waals surface area contributed by atoms with Crippen molar-refractivity contribution < 1.29 is 17.9 Å². The molecule has 2 heterocycles. The lowest BCUT2D eigenvalue weighted by Crippen LogP contribution is -2.46. The Hall–Kier alpha value is -2.42. The number of hydrogen-bond donors (Lipinski definition) is 1. The van der Waals surface area contributed by atoms with E-state index < -0.39 is 10.0 Å². The van der Waals surface area contributed by atoms with Crippen LogP contribution in [0.5, 0.6) is 5.75 Å². The maximum atomic E-state index is 12.8. The molecule has 1 aliphatic heterocycles. The molecule has 1 amide bonds. The summed E-state index contributed by atoms with van der Waals surface area (Å²) in [7, 11) is -2.00. The predicted molar refractivity (Wildman–Crippen MR) is 114 cm³/mol. The molecule has 1 aromatic heterocycles. The van der Waals surface area contributed by atoms with E-state index in [2.05, 4.69) is 5.32 Å². The molecular weight excluding hydrogens is 408 g/mol. The normalized spacial score (nSPS) is 16.0. The van der Waals surface area contributed by atoms with E-state index in [4.69, 9.17) is 4.74 Å². The summed E-state index contributed by atoms with van der Waals surface area (Å²) in [4.78, 5) is 13.0. The first kappa shape index (κ1) is 19.9. The van der Waals surface area contributed by atoms with Crippen molar-refractivity contribution in [2.45, 2.75) is 23.8 Å². The van der Waals surface area contributed by atoms with Gasteiger partial charge in [0.2, 0.25) is 10.0 Å².